The average Bonchev–Trinajstić information content (AvgIpc) is 2.66. The Labute approximate surface area is 89.4 Å². The minimum atomic E-state index is -0.331. The fraction of sp³-hybridized carbons (Fsp3) is 0.583. The van der Waals surface area contributed by atoms with Crippen LogP contribution in [0.1, 0.15) is 23.2 Å². The minimum Gasteiger partial charge on any atom is -0.347 e. The van der Waals surface area contributed by atoms with Crippen LogP contribution in [0.2, 0.25) is 0 Å². The zero-order valence-electron chi connectivity index (χ0n) is 8.95. The molecule has 0 aromatic carbocycles. The van der Waals surface area contributed by atoms with Gasteiger partial charge in [-0.05, 0) is 24.5 Å². The molecule has 80 valence electrons. The highest BCUT2D eigenvalue weighted by atomic mass is 16.7. The van der Waals surface area contributed by atoms with Gasteiger partial charge in [-0.15, -0.1) is 0 Å². The highest BCUT2D eigenvalue weighted by molar-refractivity contribution is 5.28. The first-order chi connectivity index (χ1) is 7.27. The van der Waals surface area contributed by atoms with Crippen LogP contribution < -0.4 is 0 Å². The largest absolute Gasteiger partial charge is 0.347 e. The van der Waals surface area contributed by atoms with Gasteiger partial charge in [0, 0.05) is 24.7 Å². The molecule has 0 atom stereocenters. The Balaban J connectivity index is 1.94. The van der Waals surface area contributed by atoms with Gasteiger partial charge < -0.3 is 9.47 Å². The number of fused-ring (bicyclic) bond motifs is 1. The Kier molecular flexibility index (Phi) is 2.04. The monoisotopic (exact) mass is 205 g/mol. The maximum atomic E-state index is 5.73. The minimum absolute atomic E-state index is 0.331. The molecule has 3 heteroatoms. The van der Waals surface area contributed by atoms with Crippen LogP contribution in [0, 0.1) is 6.92 Å². The lowest BCUT2D eigenvalue weighted by Gasteiger charge is -2.32. The first kappa shape index (κ1) is 9.31. The lowest BCUT2D eigenvalue weighted by Crippen LogP contribution is -2.37. The van der Waals surface area contributed by atoms with E-state index in [4.69, 9.17) is 9.47 Å². The molecule has 1 aromatic heterocycles. The summed E-state index contributed by atoms with van der Waals surface area (Å²) in [6.07, 6.45) is 4.70. The fourth-order valence-electron chi connectivity index (χ4n) is 2.47. The van der Waals surface area contributed by atoms with E-state index in [1.54, 1.807) is 0 Å². The second kappa shape index (κ2) is 3.29. The molecule has 0 amide bonds. The molecule has 3 nitrogen and oxygen atoms in total. The van der Waals surface area contributed by atoms with Crippen LogP contribution in [-0.2, 0) is 22.3 Å². The van der Waals surface area contributed by atoms with E-state index < -0.39 is 0 Å². The standard InChI is InChI=1S/C12H15NO2/c1-9-6-10-7-12(14-4-5-15-12)3-2-11(10)13-8-9/h6,8H,2-5,7H2,1H3. The van der Waals surface area contributed by atoms with E-state index in [2.05, 4.69) is 18.0 Å². The quantitative estimate of drug-likeness (QED) is 0.645. The van der Waals surface area contributed by atoms with E-state index in [9.17, 15) is 0 Å². The summed E-state index contributed by atoms with van der Waals surface area (Å²) in [6.45, 7) is 3.54. The predicted molar refractivity (Wildman–Crippen MR) is 55.6 cm³/mol. The van der Waals surface area contributed by atoms with Gasteiger partial charge >= 0.3 is 0 Å². The van der Waals surface area contributed by atoms with Gasteiger partial charge in [-0.2, -0.15) is 0 Å². The number of rotatable bonds is 0. The Morgan fingerprint density at radius 2 is 2.13 bits per heavy atom. The van der Waals surface area contributed by atoms with Gasteiger partial charge in [0.25, 0.3) is 0 Å². The van der Waals surface area contributed by atoms with Crippen molar-refractivity contribution in [3.63, 3.8) is 0 Å². The topological polar surface area (TPSA) is 31.4 Å². The molecule has 1 aliphatic heterocycles. The summed E-state index contributed by atoms with van der Waals surface area (Å²) in [7, 11) is 0. The van der Waals surface area contributed by atoms with Gasteiger partial charge in [0.1, 0.15) is 0 Å². The zero-order chi connectivity index (χ0) is 10.3. The normalized spacial score (nSPS) is 23.0. The van der Waals surface area contributed by atoms with Gasteiger partial charge in [0.2, 0.25) is 0 Å². The molecule has 1 fully saturated rings. The molecular formula is C12H15NO2. The molecule has 0 bridgehead atoms. The fourth-order valence-corrected chi connectivity index (χ4v) is 2.47. The number of hydrogen-bond donors (Lipinski definition) is 0. The number of aromatic nitrogens is 1. The van der Waals surface area contributed by atoms with Gasteiger partial charge in [0.15, 0.2) is 5.79 Å². The maximum Gasteiger partial charge on any atom is 0.172 e. The van der Waals surface area contributed by atoms with Gasteiger partial charge in [-0.25, -0.2) is 0 Å². The van der Waals surface area contributed by atoms with Gasteiger partial charge in [-0.1, -0.05) is 6.07 Å². The summed E-state index contributed by atoms with van der Waals surface area (Å²) in [5, 5.41) is 0. The van der Waals surface area contributed by atoms with Crippen molar-refractivity contribution in [3.8, 4) is 0 Å². The Morgan fingerprint density at radius 1 is 1.33 bits per heavy atom. The summed E-state index contributed by atoms with van der Waals surface area (Å²) in [6, 6.07) is 2.20. The third kappa shape index (κ3) is 1.56. The number of hydrogen-bond acceptors (Lipinski definition) is 3. The van der Waals surface area contributed by atoms with Gasteiger partial charge in [-0.3, -0.25) is 4.98 Å². The molecule has 1 aliphatic carbocycles. The molecule has 2 heterocycles. The van der Waals surface area contributed by atoms with Crippen molar-refractivity contribution in [3.05, 3.63) is 29.1 Å². The summed E-state index contributed by atoms with van der Waals surface area (Å²) in [5.41, 5.74) is 3.72. The van der Waals surface area contributed by atoms with Crippen molar-refractivity contribution in [2.75, 3.05) is 13.2 Å². The van der Waals surface area contributed by atoms with E-state index in [1.807, 2.05) is 6.20 Å². The number of pyridine rings is 1. The van der Waals surface area contributed by atoms with Crippen LogP contribution in [0.5, 0.6) is 0 Å². The first-order valence-corrected chi connectivity index (χ1v) is 5.50. The predicted octanol–water partition coefficient (Wildman–Crippen LogP) is 1.62. The Bertz CT molecular complexity index is 383. The molecule has 1 saturated heterocycles. The van der Waals surface area contributed by atoms with Gasteiger partial charge in [0.05, 0.1) is 13.2 Å². The van der Waals surface area contributed by atoms with Crippen LogP contribution in [0.3, 0.4) is 0 Å². The molecule has 0 N–H and O–H groups in total. The molecule has 3 rings (SSSR count). The third-order valence-corrected chi connectivity index (χ3v) is 3.21. The van der Waals surface area contributed by atoms with Crippen LogP contribution in [0.25, 0.3) is 0 Å². The van der Waals surface area contributed by atoms with Crippen LogP contribution >= 0.6 is 0 Å². The van der Waals surface area contributed by atoms with Crippen LogP contribution in [0.4, 0.5) is 0 Å². The van der Waals surface area contributed by atoms with Crippen molar-refractivity contribution in [1.29, 1.82) is 0 Å². The van der Waals surface area contributed by atoms with E-state index in [0.717, 1.165) is 32.5 Å². The Morgan fingerprint density at radius 3 is 2.93 bits per heavy atom. The highest BCUT2D eigenvalue weighted by Crippen LogP contribution is 2.34. The molecule has 1 spiro atoms. The SMILES string of the molecule is Cc1cnc2c(c1)CC1(CC2)OCCO1. The third-order valence-electron chi connectivity index (χ3n) is 3.21. The summed E-state index contributed by atoms with van der Waals surface area (Å²) >= 11 is 0. The van der Waals surface area contributed by atoms with Crippen LogP contribution in [0.15, 0.2) is 12.3 Å². The lowest BCUT2D eigenvalue weighted by atomic mass is 9.90. The van der Waals surface area contributed by atoms with Crippen LogP contribution in [-0.4, -0.2) is 24.0 Å². The molecule has 1 aromatic rings. The highest BCUT2D eigenvalue weighted by Gasteiger charge is 2.40. The molecule has 2 aliphatic rings. The van der Waals surface area contributed by atoms with Crippen molar-refractivity contribution in [1.82, 2.24) is 4.98 Å². The number of ether oxygens (including phenoxy) is 2. The van der Waals surface area contributed by atoms with Crippen molar-refractivity contribution < 1.29 is 9.47 Å². The smallest absolute Gasteiger partial charge is 0.172 e. The van der Waals surface area contributed by atoms with E-state index in [-0.39, 0.29) is 5.79 Å². The lowest BCUT2D eigenvalue weighted by molar-refractivity contribution is -0.164. The molecule has 0 radical (unpaired) electrons. The average molecular weight is 205 g/mol. The molecule has 0 saturated carbocycles. The molecule has 0 unspecified atom stereocenters. The zero-order valence-corrected chi connectivity index (χ0v) is 8.95. The summed E-state index contributed by atoms with van der Waals surface area (Å²) in [4.78, 5) is 4.46. The van der Waals surface area contributed by atoms with Crippen molar-refractivity contribution in [2.45, 2.75) is 32.0 Å². The maximum absolute atomic E-state index is 5.73. The number of nitrogens with zero attached hydrogens (tertiary/aromatic N) is 1. The second-order valence-electron chi connectivity index (χ2n) is 4.40. The van der Waals surface area contributed by atoms with E-state index in [1.165, 1.54) is 16.8 Å². The summed E-state index contributed by atoms with van der Waals surface area (Å²) < 4.78 is 11.5. The van der Waals surface area contributed by atoms with Crippen molar-refractivity contribution in [2.24, 2.45) is 0 Å². The second-order valence-corrected chi connectivity index (χ2v) is 4.40. The molecule has 15 heavy (non-hydrogen) atoms. The van der Waals surface area contributed by atoms with E-state index in [0.29, 0.717) is 0 Å². The Hall–Kier alpha value is -0.930. The van der Waals surface area contributed by atoms with Crippen molar-refractivity contribution >= 4 is 0 Å². The van der Waals surface area contributed by atoms with E-state index >= 15 is 0 Å². The molecular weight excluding hydrogens is 190 g/mol. The number of aryl methyl sites for hydroxylation is 2. The first-order valence-electron chi connectivity index (χ1n) is 5.50. The summed E-state index contributed by atoms with van der Waals surface area (Å²) in [5.74, 6) is -0.331.